The van der Waals surface area contributed by atoms with E-state index in [2.05, 4.69) is 21.2 Å². The third-order valence-electron chi connectivity index (χ3n) is 6.67. The van der Waals surface area contributed by atoms with Crippen molar-refractivity contribution >= 4 is 28.4 Å². The Morgan fingerprint density at radius 3 is 2.14 bits per heavy atom. The molecule has 7 nitrogen and oxygen atoms in total. The summed E-state index contributed by atoms with van der Waals surface area (Å²) in [6.45, 7) is 4.51. The number of piperazine rings is 1. The first-order valence-corrected chi connectivity index (χ1v) is 12.3. The Labute approximate surface area is 215 Å². The lowest BCUT2D eigenvalue weighted by Crippen LogP contribution is -2.47. The smallest absolute Gasteiger partial charge is 0.244 e. The third-order valence-corrected chi connectivity index (χ3v) is 6.67. The van der Waals surface area contributed by atoms with Crippen molar-refractivity contribution in [3.8, 4) is 6.07 Å². The van der Waals surface area contributed by atoms with E-state index in [0.29, 0.717) is 48.7 Å². The number of hydrogen-bond acceptors (Lipinski definition) is 6. The third kappa shape index (κ3) is 5.21. The summed E-state index contributed by atoms with van der Waals surface area (Å²) in [5, 5.41) is 13.1. The Morgan fingerprint density at radius 1 is 0.892 bits per heavy atom. The van der Waals surface area contributed by atoms with Crippen LogP contribution >= 0.6 is 0 Å². The van der Waals surface area contributed by atoms with Gasteiger partial charge in [0.25, 0.3) is 0 Å². The van der Waals surface area contributed by atoms with E-state index in [0.717, 1.165) is 11.3 Å². The van der Waals surface area contributed by atoms with Crippen LogP contribution in [0.2, 0.25) is 0 Å². The number of hydrogen-bond donors (Lipinski definition) is 1. The van der Waals surface area contributed by atoms with E-state index in [-0.39, 0.29) is 11.9 Å². The summed E-state index contributed by atoms with van der Waals surface area (Å²) in [6.07, 6.45) is 0. The maximum absolute atomic E-state index is 13.4. The molecule has 3 aromatic carbocycles. The standard InChI is InChI=1S/C29H27FN6O/c1-20(21-7-3-2-4-8-21)32-29(37)24(19-31)27-28(34-26-10-6-5-9-25(26)33-27)36-17-15-35(16-18-36)23-13-11-22(30)12-14-23/h2-14,20,24H,15-18H2,1H3,(H,32,37)/t20-,24+/m0/s1. The van der Waals surface area contributed by atoms with Crippen molar-refractivity contribution in [3.63, 3.8) is 0 Å². The Bertz CT molecular complexity index is 1430. The molecule has 0 saturated carbocycles. The van der Waals surface area contributed by atoms with Gasteiger partial charge in [0, 0.05) is 31.9 Å². The van der Waals surface area contributed by atoms with Crippen LogP contribution in [0.1, 0.15) is 30.1 Å². The lowest BCUT2D eigenvalue weighted by atomic mass is 10.0. The van der Waals surface area contributed by atoms with Crippen LogP contribution in [0.4, 0.5) is 15.9 Å². The summed E-state index contributed by atoms with van der Waals surface area (Å²) in [6, 6.07) is 25.5. The highest BCUT2D eigenvalue weighted by Gasteiger charge is 2.31. The van der Waals surface area contributed by atoms with Crippen LogP contribution < -0.4 is 15.1 Å². The molecule has 2 atom stereocenters. The highest BCUT2D eigenvalue weighted by Crippen LogP contribution is 2.29. The van der Waals surface area contributed by atoms with E-state index in [1.165, 1.54) is 12.1 Å². The monoisotopic (exact) mass is 494 g/mol. The zero-order valence-corrected chi connectivity index (χ0v) is 20.5. The summed E-state index contributed by atoms with van der Waals surface area (Å²) in [5.41, 5.74) is 3.60. The maximum atomic E-state index is 13.4. The number of fused-ring (bicyclic) bond motifs is 1. The van der Waals surface area contributed by atoms with Crippen molar-refractivity contribution in [2.24, 2.45) is 0 Å². The molecule has 1 amide bonds. The van der Waals surface area contributed by atoms with Gasteiger partial charge in [-0.2, -0.15) is 5.26 Å². The number of nitrogens with zero attached hydrogens (tertiary/aromatic N) is 5. The molecule has 1 saturated heterocycles. The maximum Gasteiger partial charge on any atom is 0.244 e. The molecule has 1 fully saturated rings. The number of halogens is 1. The highest BCUT2D eigenvalue weighted by atomic mass is 19.1. The van der Waals surface area contributed by atoms with Crippen LogP contribution in [0.25, 0.3) is 11.0 Å². The van der Waals surface area contributed by atoms with Crippen molar-refractivity contribution in [2.75, 3.05) is 36.0 Å². The van der Waals surface area contributed by atoms with Gasteiger partial charge in [-0.25, -0.2) is 14.4 Å². The molecule has 0 spiro atoms. The number of rotatable bonds is 6. The van der Waals surface area contributed by atoms with Gasteiger partial charge in [0.05, 0.1) is 23.1 Å². The van der Waals surface area contributed by atoms with E-state index < -0.39 is 11.8 Å². The number of amides is 1. The summed E-state index contributed by atoms with van der Waals surface area (Å²) in [7, 11) is 0. The van der Waals surface area contributed by atoms with Crippen molar-refractivity contribution in [1.82, 2.24) is 15.3 Å². The molecule has 0 radical (unpaired) electrons. The first-order chi connectivity index (χ1) is 18.0. The van der Waals surface area contributed by atoms with E-state index in [9.17, 15) is 14.4 Å². The van der Waals surface area contributed by atoms with Crippen LogP contribution in [0.5, 0.6) is 0 Å². The topological polar surface area (TPSA) is 85.1 Å². The number of carbonyl (C=O) groups excluding carboxylic acids is 1. The molecule has 0 unspecified atom stereocenters. The Hall–Kier alpha value is -4.51. The molecule has 186 valence electrons. The normalized spacial score (nSPS) is 15.2. The minimum Gasteiger partial charge on any atom is -0.368 e. The molecular weight excluding hydrogens is 467 g/mol. The Balaban J connectivity index is 1.42. The van der Waals surface area contributed by atoms with Crippen molar-refractivity contribution in [3.05, 3.63) is 95.9 Å². The number of nitrogens with one attached hydrogen (secondary N) is 1. The predicted molar refractivity (Wildman–Crippen MR) is 142 cm³/mol. The number of nitriles is 1. The molecule has 1 N–H and O–H groups in total. The summed E-state index contributed by atoms with van der Waals surface area (Å²) < 4.78 is 13.4. The van der Waals surface area contributed by atoms with Gasteiger partial charge in [-0.15, -0.1) is 0 Å². The summed E-state index contributed by atoms with van der Waals surface area (Å²) in [4.78, 5) is 27.2. The van der Waals surface area contributed by atoms with Crippen molar-refractivity contribution in [2.45, 2.75) is 18.9 Å². The van der Waals surface area contributed by atoms with Crippen molar-refractivity contribution in [1.29, 1.82) is 5.26 Å². The fourth-order valence-corrected chi connectivity index (χ4v) is 4.62. The fraction of sp³-hybridized carbons (Fsp3) is 0.241. The molecule has 8 heteroatoms. The van der Waals surface area contributed by atoms with Crippen LogP contribution in [-0.2, 0) is 4.79 Å². The minimum atomic E-state index is -1.12. The molecule has 1 aliphatic rings. The van der Waals surface area contributed by atoms with Crippen LogP contribution in [-0.4, -0.2) is 42.1 Å². The van der Waals surface area contributed by atoms with E-state index in [4.69, 9.17) is 9.97 Å². The molecule has 37 heavy (non-hydrogen) atoms. The molecule has 1 aliphatic heterocycles. The van der Waals surface area contributed by atoms with Gasteiger partial charge < -0.3 is 15.1 Å². The highest BCUT2D eigenvalue weighted by molar-refractivity contribution is 5.89. The number of para-hydroxylation sites is 2. The van der Waals surface area contributed by atoms with E-state index in [1.54, 1.807) is 12.1 Å². The Kier molecular flexibility index (Phi) is 6.95. The number of benzene rings is 3. The molecule has 4 aromatic rings. The fourth-order valence-electron chi connectivity index (χ4n) is 4.62. The van der Waals surface area contributed by atoms with Gasteiger partial charge in [-0.05, 0) is 48.9 Å². The van der Waals surface area contributed by atoms with Gasteiger partial charge in [0.2, 0.25) is 5.91 Å². The second-order valence-electron chi connectivity index (χ2n) is 9.07. The van der Waals surface area contributed by atoms with Gasteiger partial charge in [-0.1, -0.05) is 42.5 Å². The second kappa shape index (κ2) is 10.6. The summed E-state index contributed by atoms with van der Waals surface area (Å²) >= 11 is 0. The van der Waals surface area contributed by atoms with Crippen molar-refractivity contribution < 1.29 is 9.18 Å². The number of aromatic nitrogens is 2. The van der Waals surface area contributed by atoms with Gasteiger partial charge in [0.15, 0.2) is 11.7 Å². The zero-order valence-electron chi connectivity index (χ0n) is 20.5. The van der Waals surface area contributed by atoms with E-state index in [1.807, 2.05) is 61.5 Å². The average molecular weight is 495 g/mol. The molecule has 0 bridgehead atoms. The molecule has 5 rings (SSSR count). The van der Waals surface area contributed by atoms with Crippen LogP contribution in [0.3, 0.4) is 0 Å². The molecular formula is C29H27FN6O. The lowest BCUT2D eigenvalue weighted by molar-refractivity contribution is -0.122. The second-order valence-corrected chi connectivity index (χ2v) is 9.07. The molecule has 0 aliphatic carbocycles. The summed E-state index contributed by atoms with van der Waals surface area (Å²) in [5.74, 6) is -1.24. The largest absolute Gasteiger partial charge is 0.368 e. The van der Waals surface area contributed by atoms with Crippen LogP contribution in [0, 0.1) is 17.1 Å². The van der Waals surface area contributed by atoms with Crippen LogP contribution in [0.15, 0.2) is 78.9 Å². The van der Waals surface area contributed by atoms with Gasteiger partial charge in [0.1, 0.15) is 11.5 Å². The predicted octanol–water partition coefficient (Wildman–Crippen LogP) is 4.58. The first kappa shape index (κ1) is 24.2. The number of carbonyl (C=O) groups is 1. The quantitative estimate of drug-likeness (QED) is 0.422. The van der Waals surface area contributed by atoms with Gasteiger partial charge in [-0.3, -0.25) is 4.79 Å². The van der Waals surface area contributed by atoms with E-state index >= 15 is 0 Å². The minimum absolute atomic E-state index is 0.263. The first-order valence-electron chi connectivity index (χ1n) is 12.3. The van der Waals surface area contributed by atoms with Gasteiger partial charge >= 0.3 is 0 Å². The number of anilines is 2. The average Bonchev–Trinajstić information content (AvgIpc) is 2.94. The zero-order chi connectivity index (χ0) is 25.8. The lowest BCUT2D eigenvalue weighted by Gasteiger charge is -2.37. The SMILES string of the molecule is C[C@H](NC(=O)[C@H](C#N)c1nc2ccccc2nc1N1CCN(c2ccc(F)cc2)CC1)c1ccccc1. The molecule has 1 aromatic heterocycles. The molecule has 2 heterocycles. The Morgan fingerprint density at radius 2 is 1.49 bits per heavy atom.